The first-order valence-corrected chi connectivity index (χ1v) is 3.58. The summed E-state index contributed by atoms with van der Waals surface area (Å²) < 4.78 is 0. The van der Waals surface area contributed by atoms with E-state index in [1.807, 2.05) is 0 Å². The van der Waals surface area contributed by atoms with Crippen LogP contribution in [0.25, 0.3) is 0 Å². The van der Waals surface area contributed by atoms with Crippen LogP contribution in [-0.4, -0.2) is 24.3 Å². The van der Waals surface area contributed by atoms with Crippen molar-refractivity contribution in [3.63, 3.8) is 0 Å². The molecule has 2 nitrogen and oxygen atoms in total. The van der Waals surface area contributed by atoms with Crippen molar-refractivity contribution < 1.29 is 5.11 Å². The second kappa shape index (κ2) is 6.05. The van der Waals surface area contributed by atoms with Gasteiger partial charge in [0, 0.05) is 19.2 Å². The largest absolute Gasteiger partial charge is 0.396 e. The van der Waals surface area contributed by atoms with E-state index in [1.54, 1.807) is 0 Å². The van der Waals surface area contributed by atoms with E-state index in [0.717, 1.165) is 19.4 Å². The highest BCUT2D eigenvalue weighted by atomic mass is 16.3. The quantitative estimate of drug-likeness (QED) is 0.548. The Balaban J connectivity index is 2.88. The second-order valence-corrected chi connectivity index (χ2v) is 2.24. The normalized spacial score (nSPS) is 13.7. The zero-order chi connectivity index (χ0) is 7.11. The van der Waals surface area contributed by atoms with Crippen molar-refractivity contribution in [3.05, 3.63) is 0 Å². The van der Waals surface area contributed by atoms with E-state index in [1.165, 1.54) is 0 Å². The van der Waals surface area contributed by atoms with E-state index in [0.29, 0.717) is 6.04 Å². The van der Waals surface area contributed by atoms with Crippen molar-refractivity contribution in [2.75, 3.05) is 13.2 Å². The van der Waals surface area contributed by atoms with Crippen LogP contribution in [0.3, 0.4) is 0 Å². The lowest BCUT2D eigenvalue weighted by Gasteiger charge is -2.06. The molecular formula is C7H16NO. The number of nitrogens with zero attached hydrogens (tertiary/aromatic N) is 1. The predicted octanol–water partition coefficient (Wildman–Crippen LogP) is 0.772. The molecule has 0 spiro atoms. The monoisotopic (exact) mass is 130 g/mol. The lowest BCUT2D eigenvalue weighted by atomic mass is 10.2. The Labute approximate surface area is 57.3 Å². The van der Waals surface area contributed by atoms with E-state index in [2.05, 4.69) is 19.2 Å². The predicted molar refractivity (Wildman–Crippen MR) is 38.5 cm³/mol. The van der Waals surface area contributed by atoms with Crippen LogP contribution in [0.1, 0.15) is 26.7 Å². The van der Waals surface area contributed by atoms with Crippen LogP contribution in [0.5, 0.6) is 0 Å². The summed E-state index contributed by atoms with van der Waals surface area (Å²) in [5, 5.41) is 12.7. The van der Waals surface area contributed by atoms with Crippen molar-refractivity contribution in [2.24, 2.45) is 0 Å². The summed E-state index contributed by atoms with van der Waals surface area (Å²) >= 11 is 0. The molecule has 1 unspecified atom stereocenters. The van der Waals surface area contributed by atoms with Gasteiger partial charge in [0.15, 0.2) is 0 Å². The van der Waals surface area contributed by atoms with E-state index in [9.17, 15) is 0 Å². The molecule has 55 valence electrons. The van der Waals surface area contributed by atoms with Crippen molar-refractivity contribution in [2.45, 2.75) is 32.7 Å². The van der Waals surface area contributed by atoms with Gasteiger partial charge in [-0.1, -0.05) is 6.92 Å². The molecule has 0 aromatic carbocycles. The minimum atomic E-state index is 0.264. The molecule has 0 aliphatic rings. The highest BCUT2D eigenvalue weighted by Crippen LogP contribution is 1.89. The first kappa shape index (κ1) is 8.92. The Morgan fingerprint density at radius 2 is 2.22 bits per heavy atom. The van der Waals surface area contributed by atoms with Crippen LogP contribution < -0.4 is 5.32 Å². The molecule has 1 N–H and O–H groups in total. The molecule has 0 saturated heterocycles. The van der Waals surface area contributed by atoms with E-state index < -0.39 is 0 Å². The topological polar surface area (TPSA) is 34.3 Å². The Kier molecular flexibility index (Phi) is 5.99. The number of hydrogen-bond donors (Lipinski definition) is 1. The zero-order valence-electron chi connectivity index (χ0n) is 6.30. The molecular weight excluding hydrogens is 114 g/mol. The molecule has 0 heterocycles. The van der Waals surface area contributed by atoms with Gasteiger partial charge in [-0.05, 0) is 19.8 Å². The molecule has 0 rings (SSSR count). The molecule has 0 saturated carbocycles. The van der Waals surface area contributed by atoms with Gasteiger partial charge in [-0.2, -0.15) is 0 Å². The first-order valence-electron chi connectivity index (χ1n) is 3.58. The Hall–Kier alpha value is -0.0800. The molecule has 0 aromatic heterocycles. The third kappa shape index (κ3) is 5.80. The van der Waals surface area contributed by atoms with E-state index >= 15 is 0 Å². The summed E-state index contributed by atoms with van der Waals surface area (Å²) in [5.41, 5.74) is 0. The fourth-order valence-corrected chi connectivity index (χ4v) is 0.511. The molecule has 0 aliphatic carbocycles. The number of hydrogen-bond acceptors (Lipinski definition) is 1. The van der Waals surface area contributed by atoms with Gasteiger partial charge >= 0.3 is 0 Å². The van der Waals surface area contributed by atoms with Crippen LogP contribution in [0.15, 0.2) is 0 Å². The third-order valence-corrected chi connectivity index (χ3v) is 1.35. The van der Waals surface area contributed by atoms with Crippen LogP contribution in [0.4, 0.5) is 0 Å². The smallest absolute Gasteiger partial charge is 0.0443 e. The van der Waals surface area contributed by atoms with E-state index in [4.69, 9.17) is 5.11 Å². The van der Waals surface area contributed by atoms with Crippen molar-refractivity contribution in [3.8, 4) is 0 Å². The molecule has 0 bridgehead atoms. The van der Waals surface area contributed by atoms with Crippen LogP contribution >= 0.6 is 0 Å². The van der Waals surface area contributed by atoms with Crippen LogP contribution in [0, 0.1) is 0 Å². The Bertz CT molecular complexity index is 56.9. The lowest BCUT2D eigenvalue weighted by molar-refractivity contribution is 0.282. The fraction of sp³-hybridized carbons (Fsp3) is 1.00. The molecule has 1 atom stereocenters. The van der Waals surface area contributed by atoms with Gasteiger partial charge < -0.3 is 5.11 Å². The first-order chi connectivity index (χ1) is 4.31. The van der Waals surface area contributed by atoms with Gasteiger partial charge in [0.25, 0.3) is 0 Å². The van der Waals surface area contributed by atoms with Gasteiger partial charge in [-0.25, -0.2) is 5.32 Å². The maximum Gasteiger partial charge on any atom is 0.0443 e. The number of aliphatic hydroxyl groups excluding tert-OH is 1. The highest BCUT2D eigenvalue weighted by molar-refractivity contribution is 4.55. The minimum absolute atomic E-state index is 0.264. The zero-order valence-corrected chi connectivity index (χ0v) is 6.30. The molecule has 9 heavy (non-hydrogen) atoms. The molecule has 1 radical (unpaired) electrons. The summed E-state index contributed by atoms with van der Waals surface area (Å²) in [5.74, 6) is 0. The van der Waals surface area contributed by atoms with Crippen molar-refractivity contribution in [1.82, 2.24) is 5.32 Å². The standard InChI is InChI=1S/C7H16NO/c1-3-7(2)8-5-4-6-9/h7,9H,3-6H2,1-2H3. The summed E-state index contributed by atoms with van der Waals surface area (Å²) in [4.78, 5) is 0. The average Bonchev–Trinajstić information content (AvgIpc) is 1.89. The average molecular weight is 130 g/mol. The third-order valence-electron chi connectivity index (χ3n) is 1.35. The molecule has 0 aromatic rings. The minimum Gasteiger partial charge on any atom is -0.396 e. The van der Waals surface area contributed by atoms with Gasteiger partial charge in [-0.15, -0.1) is 0 Å². The summed E-state index contributed by atoms with van der Waals surface area (Å²) in [6.07, 6.45) is 1.91. The second-order valence-electron chi connectivity index (χ2n) is 2.24. The van der Waals surface area contributed by atoms with Crippen LogP contribution in [-0.2, 0) is 0 Å². The summed E-state index contributed by atoms with van der Waals surface area (Å²) in [6, 6.07) is 0.469. The SMILES string of the molecule is CCC(C)[N]CCCO. The lowest BCUT2D eigenvalue weighted by Crippen LogP contribution is -2.18. The Morgan fingerprint density at radius 1 is 1.56 bits per heavy atom. The maximum atomic E-state index is 8.39. The Morgan fingerprint density at radius 3 is 2.67 bits per heavy atom. The molecule has 2 heteroatoms. The maximum absolute atomic E-state index is 8.39. The van der Waals surface area contributed by atoms with Gasteiger partial charge in [0.1, 0.15) is 0 Å². The number of aliphatic hydroxyl groups is 1. The highest BCUT2D eigenvalue weighted by Gasteiger charge is 1.95. The van der Waals surface area contributed by atoms with Crippen molar-refractivity contribution in [1.29, 1.82) is 0 Å². The fourth-order valence-electron chi connectivity index (χ4n) is 0.511. The summed E-state index contributed by atoms with van der Waals surface area (Å²) in [6.45, 7) is 5.29. The molecule has 0 aliphatic heterocycles. The van der Waals surface area contributed by atoms with Gasteiger partial charge in [0.05, 0.1) is 0 Å². The van der Waals surface area contributed by atoms with Crippen LogP contribution in [0.2, 0.25) is 0 Å². The molecule has 0 amide bonds. The van der Waals surface area contributed by atoms with E-state index in [-0.39, 0.29) is 6.61 Å². The van der Waals surface area contributed by atoms with Gasteiger partial charge in [0.2, 0.25) is 0 Å². The van der Waals surface area contributed by atoms with Gasteiger partial charge in [-0.3, -0.25) is 0 Å². The van der Waals surface area contributed by atoms with Crippen molar-refractivity contribution >= 4 is 0 Å². The number of rotatable bonds is 5. The summed E-state index contributed by atoms with van der Waals surface area (Å²) in [7, 11) is 0. The molecule has 0 fully saturated rings.